The first-order chi connectivity index (χ1) is 16.7. The van der Waals surface area contributed by atoms with E-state index >= 15 is 0 Å². The summed E-state index contributed by atoms with van der Waals surface area (Å²) in [5.74, 6) is -2.50. The van der Waals surface area contributed by atoms with Gasteiger partial charge in [0.2, 0.25) is 0 Å². The van der Waals surface area contributed by atoms with Gasteiger partial charge >= 0.3 is 0 Å². The topological polar surface area (TPSA) is 89.4 Å². The normalized spacial score (nSPS) is 14.6. The summed E-state index contributed by atoms with van der Waals surface area (Å²) in [6.07, 6.45) is 3.03. The Labute approximate surface area is 208 Å². The molecule has 0 amide bonds. The lowest BCUT2D eigenvalue weighted by atomic mass is 10.1. The number of benzene rings is 2. The number of hydrogen-bond donors (Lipinski definition) is 1. The van der Waals surface area contributed by atoms with Gasteiger partial charge in [-0.05, 0) is 31.3 Å². The van der Waals surface area contributed by atoms with Crippen molar-refractivity contribution in [2.45, 2.75) is 10.9 Å². The number of likely N-dealkylation sites (N-methyl/N-ethyl adjacent to an activating group) is 1. The summed E-state index contributed by atoms with van der Waals surface area (Å²) in [5, 5.41) is 6.41. The Morgan fingerprint density at radius 3 is 2.63 bits per heavy atom. The van der Waals surface area contributed by atoms with Crippen LogP contribution in [-0.4, -0.2) is 48.2 Å². The van der Waals surface area contributed by atoms with Gasteiger partial charge in [0.1, 0.15) is 16.5 Å². The highest BCUT2D eigenvalue weighted by Crippen LogP contribution is 2.38. The van der Waals surface area contributed by atoms with Crippen LogP contribution in [0.4, 0.5) is 13.9 Å². The van der Waals surface area contributed by atoms with Gasteiger partial charge < -0.3 is 9.64 Å². The van der Waals surface area contributed by atoms with E-state index in [9.17, 15) is 17.2 Å². The van der Waals surface area contributed by atoms with E-state index in [0.29, 0.717) is 28.4 Å². The van der Waals surface area contributed by atoms with Gasteiger partial charge in [-0.25, -0.2) is 22.2 Å². The molecule has 1 aliphatic rings. The lowest BCUT2D eigenvalue weighted by molar-refractivity contribution is 0.132. The number of likely N-dealkylation sites (tertiary alicyclic amines) is 1. The smallest absolute Gasteiger partial charge is 0.266 e. The molecule has 1 aliphatic heterocycles. The minimum atomic E-state index is -4.40. The van der Waals surface area contributed by atoms with E-state index < -0.39 is 32.3 Å². The number of nitrogens with one attached hydrogen (secondary N) is 1. The van der Waals surface area contributed by atoms with Crippen molar-refractivity contribution in [3.8, 4) is 22.8 Å². The van der Waals surface area contributed by atoms with E-state index in [1.807, 2.05) is 11.7 Å². The third kappa shape index (κ3) is 4.74. The molecule has 4 aromatic rings. The maximum atomic E-state index is 14.9. The summed E-state index contributed by atoms with van der Waals surface area (Å²) in [7, 11) is -2.40. The lowest BCUT2D eigenvalue weighted by Gasteiger charge is -2.37. The molecule has 3 heterocycles. The van der Waals surface area contributed by atoms with Crippen LogP contribution in [0.5, 0.6) is 11.5 Å². The van der Waals surface area contributed by atoms with Gasteiger partial charge in [-0.3, -0.25) is 9.40 Å². The number of halogens is 3. The molecule has 1 fully saturated rings. The Hall–Kier alpha value is -3.06. The fourth-order valence-electron chi connectivity index (χ4n) is 3.79. The SMILES string of the molecule is CN1CC(n2nccc2-c2cc(Cl)ccc2Oc2cc(F)c(S(=O)(=O)Nc3nccs3)cc2F)C1. The van der Waals surface area contributed by atoms with Gasteiger partial charge in [-0.1, -0.05) is 11.6 Å². The van der Waals surface area contributed by atoms with E-state index in [2.05, 4.69) is 19.7 Å². The van der Waals surface area contributed by atoms with Gasteiger partial charge in [0, 0.05) is 53.6 Å². The number of nitrogens with zero attached hydrogens (tertiary/aromatic N) is 4. The minimum absolute atomic E-state index is 0.0326. The molecule has 1 saturated heterocycles. The predicted octanol–water partition coefficient (Wildman–Crippen LogP) is 5.02. The van der Waals surface area contributed by atoms with Crippen LogP contribution in [0.1, 0.15) is 6.04 Å². The van der Waals surface area contributed by atoms with Crippen LogP contribution in [0.15, 0.2) is 59.1 Å². The van der Waals surface area contributed by atoms with Gasteiger partial charge in [0.25, 0.3) is 10.0 Å². The highest BCUT2D eigenvalue weighted by atomic mass is 35.5. The monoisotopic (exact) mass is 537 g/mol. The molecule has 0 bridgehead atoms. The largest absolute Gasteiger partial charge is 0.453 e. The second-order valence-electron chi connectivity index (χ2n) is 7.93. The average molecular weight is 538 g/mol. The van der Waals surface area contributed by atoms with E-state index in [0.717, 1.165) is 24.4 Å². The Bertz CT molecular complexity index is 1490. The molecular weight excluding hydrogens is 520 g/mol. The van der Waals surface area contributed by atoms with Crippen molar-refractivity contribution in [1.82, 2.24) is 19.7 Å². The van der Waals surface area contributed by atoms with Crippen LogP contribution in [0.25, 0.3) is 11.3 Å². The Morgan fingerprint density at radius 2 is 1.91 bits per heavy atom. The zero-order valence-corrected chi connectivity index (χ0v) is 20.5. The number of hydrogen-bond acceptors (Lipinski definition) is 7. The van der Waals surface area contributed by atoms with Crippen molar-refractivity contribution in [3.63, 3.8) is 0 Å². The van der Waals surface area contributed by atoms with Gasteiger partial charge in [0.05, 0.1) is 11.7 Å². The minimum Gasteiger partial charge on any atom is -0.453 e. The van der Waals surface area contributed by atoms with E-state index in [1.165, 1.54) is 12.3 Å². The molecule has 8 nitrogen and oxygen atoms in total. The molecule has 0 unspecified atom stereocenters. The number of ether oxygens (including phenoxy) is 1. The van der Waals surface area contributed by atoms with Crippen molar-refractivity contribution in [1.29, 1.82) is 0 Å². The predicted molar refractivity (Wildman–Crippen MR) is 129 cm³/mol. The van der Waals surface area contributed by atoms with E-state index in [1.54, 1.807) is 29.8 Å². The molecule has 13 heteroatoms. The second-order valence-corrected chi connectivity index (χ2v) is 10.9. The zero-order chi connectivity index (χ0) is 24.7. The van der Waals surface area contributed by atoms with Crippen LogP contribution >= 0.6 is 22.9 Å². The summed E-state index contributed by atoms with van der Waals surface area (Å²) < 4.78 is 64.5. The van der Waals surface area contributed by atoms with Crippen molar-refractivity contribution in [2.75, 3.05) is 24.9 Å². The van der Waals surface area contributed by atoms with Crippen molar-refractivity contribution >= 4 is 38.1 Å². The highest BCUT2D eigenvalue weighted by molar-refractivity contribution is 7.93. The quantitative estimate of drug-likeness (QED) is 0.356. The summed E-state index contributed by atoms with van der Waals surface area (Å²) in [6, 6.07) is 7.95. The summed E-state index contributed by atoms with van der Waals surface area (Å²) in [6.45, 7) is 1.63. The first kappa shape index (κ1) is 23.7. The van der Waals surface area contributed by atoms with E-state index in [-0.39, 0.29) is 16.9 Å². The third-order valence-electron chi connectivity index (χ3n) is 5.43. The fraction of sp³-hybridized carbons (Fsp3) is 0.182. The molecule has 0 atom stereocenters. The molecule has 1 N–H and O–H groups in total. The van der Waals surface area contributed by atoms with Crippen LogP contribution < -0.4 is 9.46 Å². The van der Waals surface area contributed by atoms with Crippen molar-refractivity contribution in [3.05, 3.63) is 70.8 Å². The number of anilines is 1. The standard InChI is InChI=1S/C22H18ClF2N5O3S2/c1-29-11-14(12-29)30-18(4-5-27-30)15-8-13(23)2-3-19(15)33-20-9-17(25)21(10-16(20)24)35(31,32)28-22-26-6-7-34-22/h2-10,14H,11-12H2,1H3,(H,26,28). The van der Waals surface area contributed by atoms with Crippen LogP contribution in [0, 0.1) is 11.6 Å². The van der Waals surface area contributed by atoms with Gasteiger partial charge in [0.15, 0.2) is 16.7 Å². The molecule has 0 radical (unpaired) electrons. The second kappa shape index (κ2) is 9.19. The molecule has 0 saturated carbocycles. The maximum absolute atomic E-state index is 14.9. The van der Waals surface area contributed by atoms with Crippen molar-refractivity contribution < 1.29 is 21.9 Å². The third-order valence-corrected chi connectivity index (χ3v) is 7.84. The maximum Gasteiger partial charge on any atom is 0.266 e. The number of sulfonamides is 1. The summed E-state index contributed by atoms with van der Waals surface area (Å²) in [5.41, 5.74) is 1.24. The van der Waals surface area contributed by atoms with Gasteiger partial charge in [-0.2, -0.15) is 5.10 Å². The molecule has 2 aromatic heterocycles. The lowest BCUT2D eigenvalue weighted by Crippen LogP contribution is -2.45. The molecule has 0 spiro atoms. The number of thiazole rings is 1. The Balaban J connectivity index is 1.48. The van der Waals surface area contributed by atoms with Crippen LogP contribution in [0.2, 0.25) is 5.02 Å². The Morgan fingerprint density at radius 1 is 1.11 bits per heavy atom. The van der Waals surface area contributed by atoms with Gasteiger partial charge in [-0.15, -0.1) is 11.3 Å². The number of aromatic nitrogens is 3. The zero-order valence-electron chi connectivity index (χ0n) is 18.2. The van der Waals surface area contributed by atoms with Crippen molar-refractivity contribution in [2.24, 2.45) is 0 Å². The van der Waals surface area contributed by atoms with E-state index in [4.69, 9.17) is 16.3 Å². The number of rotatable bonds is 7. The van der Waals surface area contributed by atoms with Crippen LogP contribution in [0.3, 0.4) is 0 Å². The Kier molecular flexibility index (Phi) is 6.21. The molecule has 182 valence electrons. The molecule has 2 aromatic carbocycles. The average Bonchev–Trinajstić information content (AvgIpc) is 3.46. The summed E-state index contributed by atoms with van der Waals surface area (Å²) in [4.78, 5) is 5.08. The summed E-state index contributed by atoms with van der Waals surface area (Å²) >= 11 is 7.23. The first-order valence-electron chi connectivity index (χ1n) is 10.3. The first-order valence-corrected chi connectivity index (χ1v) is 13.1. The molecule has 35 heavy (non-hydrogen) atoms. The fourth-order valence-corrected chi connectivity index (χ4v) is 5.82. The molecule has 0 aliphatic carbocycles. The molecule has 5 rings (SSSR count). The molecular formula is C22H18ClF2N5O3S2. The van der Waals surface area contributed by atoms with Crippen LogP contribution in [-0.2, 0) is 10.0 Å². The highest BCUT2D eigenvalue weighted by Gasteiger charge is 2.29.